The second-order valence-electron chi connectivity index (χ2n) is 6.02. The third-order valence-corrected chi connectivity index (χ3v) is 4.41. The zero-order valence-corrected chi connectivity index (χ0v) is 11.9. The molecule has 2 aliphatic rings. The molecule has 2 rings (SSSR count). The minimum Gasteiger partial charge on any atom is -0.490 e. The van der Waals surface area contributed by atoms with Crippen LogP contribution in [0.2, 0.25) is 0 Å². The molecule has 1 aliphatic heterocycles. The lowest BCUT2D eigenvalue weighted by atomic mass is 9.72. The summed E-state index contributed by atoms with van der Waals surface area (Å²) >= 11 is 0. The van der Waals surface area contributed by atoms with Gasteiger partial charge in [-0.15, -0.1) is 0 Å². The van der Waals surface area contributed by atoms with Gasteiger partial charge < -0.3 is 4.74 Å². The first-order valence-corrected chi connectivity index (χ1v) is 7.11. The third-order valence-electron chi connectivity index (χ3n) is 4.41. The van der Waals surface area contributed by atoms with Crippen molar-refractivity contribution in [2.75, 3.05) is 20.7 Å². The Morgan fingerprint density at radius 2 is 2.22 bits per heavy atom. The predicted octanol–water partition coefficient (Wildman–Crippen LogP) is 2.76. The summed E-state index contributed by atoms with van der Waals surface area (Å²) in [5.74, 6) is 1.44. The second-order valence-corrected chi connectivity index (χ2v) is 6.02. The number of ketones is 1. The molecule has 3 heteroatoms. The van der Waals surface area contributed by atoms with Crippen LogP contribution in [0.3, 0.4) is 0 Å². The highest BCUT2D eigenvalue weighted by Gasteiger charge is 2.45. The Bertz CT molecular complexity index is 348. The molecule has 0 bridgehead atoms. The number of hydrogen-bond acceptors (Lipinski definition) is 3. The van der Waals surface area contributed by atoms with Crippen molar-refractivity contribution in [3.63, 3.8) is 0 Å². The van der Waals surface area contributed by atoms with E-state index in [9.17, 15) is 4.79 Å². The molecule has 1 fully saturated rings. The van der Waals surface area contributed by atoms with E-state index in [-0.39, 0.29) is 11.3 Å². The zero-order chi connectivity index (χ0) is 13.2. The number of hydrogen-bond donors (Lipinski definition) is 0. The molecule has 0 N–H and O–H groups in total. The highest BCUT2D eigenvalue weighted by molar-refractivity contribution is 6.01. The molecule has 0 aromatic rings. The van der Waals surface area contributed by atoms with Crippen LogP contribution in [0.15, 0.2) is 11.8 Å². The van der Waals surface area contributed by atoms with E-state index < -0.39 is 0 Å². The summed E-state index contributed by atoms with van der Waals surface area (Å²) in [6, 6.07) is 0. The molecule has 1 aliphatic carbocycles. The molecule has 0 aromatic carbocycles. The minimum atomic E-state index is -0.332. The number of ether oxygens (including phenoxy) is 1. The van der Waals surface area contributed by atoms with Crippen molar-refractivity contribution in [2.45, 2.75) is 51.0 Å². The second kappa shape index (κ2) is 5.43. The van der Waals surface area contributed by atoms with Crippen molar-refractivity contribution in [1.29, 1.82) is 0 Å². The van der Waals surface area contributed by atoms with Gasteiger partial charge in [0.1, 0.15) is 0 Å². The number of carbonyl (C=O) groups is 1. The van der Waals surface area contributed by atoms with E-state index >= 15 is 0 Å². The summed E-state index contributed by atoms with van der Waals surface area (Å²) < 4.78 is 5.59. The van der Waals surface area contributed by atoms with Gasteiger partial charge in [0, 0.05) is 0 Å². The molecule has 0 radical (unpaired) electrons. The average Bonchev–Trinajstić information content (AvgIpc) is 2.38. The summed E-state index contributed by atoms with van der Waals surface area (Å²) in [5, 5.41) is 0. The molecule has 0 saturated heterocycles. The van der Waals surface area contributed by atoms with E-state index in [0.29, 0.717) is 18.3 Å². The van der Waals surface area contributed by atoms with E-state index in [4.69, 9.17) is 4.74 Å². The molecular weight excluding hydrogens is 226 g/mol. The van der Waals surface area contributed by atoms with Gasteiger partial charge in [0.25, 0.3) is 0 Å². The van der Waals surface area contributed by atoms with E-state index in [1.165, 1.54) is 6.42 Å². The van der Waals surface area contributed by atoms with Crippen LogP contribution in [0.4, 0.5) is 0 Å². The first kappa shape index (κ1) is 13.6. The number of Topliss-reactive ketones (excluding diaryl/α,β-unsaturated/α-hetero) is 1. The van der Waals surface area contributed by atoms with Crippen LogP contribution in [0, 0.1) is 5.92 Å². The van der Waals surface area contributed by atoms with Gasteiger partial charge in [-0.25, -0.2) is 0 Å². The summed E-state index contributed by atoms with van der Waals surface area (Å²) in [5.41, 5.74) is -0.332. The van der Waals surface area contributed by atoms with Gasteiger partial charge in [0.2, 0.25) is 5.78 Å². The Kier molecular flexibility index (Phi) is 4.10. The highest BCUT2D eigenvalue weighted by Crippen LogP contribution is 2.38. The monoisotopic (exact) mass is 251 g/mol. The first-order valence-electron chi connectivity index (χ1n) is 7.11. The normalized spacial score (nSPS) is 32.9. The number of nitrogens with zero attached hydrogens (tertiary/aromatic N) is 1. The number of allylic oxidation sites excluding steroid dienone is 1. The largest absolute Gasteiger partial charge is 0.490 e. The van der Waals surface area contributed by atoms with E-state index in [0.717, 1.165) is 32.1 Å². The van der Waals surface area contributed by atoms with Gasteiger partial charge in [0.15, 0.2) is 5.76 Å². The molecule has 2 unspecified atom stereocenters. The Hall–Kier alpha value is -0.830. The molecule has 3 nitrogen and oxygen atoms in total. The molecule has 0 aromatic heterocycles. The quantitative estimate of drug-likeness (QED) is 0.772. The summed E-state index contributed by atoms with van der Waals surface area (Å²) in [7, 11) is 4.05. The average molecular weight is 251 g/mol. The van der Waals surface area contributed by atoms with Crippen molar-refractivity contribution in [3.8, 4) is 0 Å². The van der Waals surface area contributed by atoms with Gasteiger partial charge in [0.05, 0.1) is 12.1 Å². The van der Waals surface area contributed by atoms with Crippen LogP contribution in [0.5, 0.6) is 0 Å². The molecule has 18 heavy (non-hydrogen) atoms. The first-order chi connectivity index (χ1) is 8.56. The van der Waals surface area contributed by atoms with Crippen LogP contribution in [-0.2, 0) is 9.53 Å². The van der Waals surface area contributed by atoms with E-state index in [1.807, 2.05) is 20.2 Å². The molecule has 1 heterocycles. The molecule has 102 valence electrons. The van der Waals surface area contributed by atoms with Crippen molar-refractivity contribution in [1.82, 2.24) is 4.90 Å². The van der Waals surface area contributed by atoms with Crippen molar-refractivity contribution in [2.24, 2.45) is 5.92 Å². The van der Waals surface area contributed by atoms with E-state index in [1.54, 1.807) is 0 Å². The fourth-order valence-corrected chi connectivity index (χ4v) is 3.28. The SMILES string of the molecule is CC1CCCC(C(=O)C2=CCCCO2)(N(C)C)C1. The van der Waals surface area contributed by atoms with Crippen LogP contribution >= 0.6 is 0 Å². The zero-order valence-electron chi connectivity index (χ0n) is 11.9. The Morgan fingerprint density at radius 1 is 1.44 bits per heavy atom. The van der Waals surface area contributed by atoms with Crippen LogP contribution in [0.25, 0.3) is 0 Å². The molecule has 2 atom stereocenters. The van der Waals surface area contributed by atoms with Crippen molar-refractivity contribution >= 4 is 5.78 Å². The fraction of sp³-hybridized carbons (Fsp3) is 0.800. The Labute approximate surface area is 110 Å². The molecular formula is C15H25NO2. The maximum Gasteiger partial charge on any atom is 0.217 e. The minimum absolute atomic E-state index is 0.207. The van der Waals surface area contributed by atoms with Crippen LogP contribution < -0.4 is 0 Å². The lowest BCUT2D eigenvalue weighted by Gasteiger charge is -2.44. The van der Waals surface area contributed by atoms with Gasteiger partial charge >= 0.3 is 0 Å². The third kappa shape index (κ3) is 2.46. The lowest BCUT2D eigenvalue weighted by molar-refractivity contribution is -0.132. The predicted molar refractivity (Wildman–Crippen MR) is 72.3 cm³/mol. The van der Waals surface area contributed by atoms with Crippen molar-refractivity contribution in [3.05, 3.63) is 11.8 Å². The number of rotatable bonds is 3. The molecule has 0 amide bonds. The van der Waals surface area contributed by atoms with Gasteiger partial charge in [-0.05, 0) is 51.8 Å². The maximum atomic E-state index is 12.8. The smallest absolute Gasteiger partial charge is 0.217 e. The number of carbonyl (C=O) groups excluding carboxylic acids is 1. The van der Waals surface area contributed by atoms with Gasteiger partial charge in [-0.1, -0.05) is 19.8 Å². The lowest BCUT2D eigenvalue weighted by Crippen LogP contribution is -2.54. The van der Waals surface area contributed by atoms with Gasteiger partial charge in [-0.2, -0.15) is 0 Å². The summed E-state index contributed by atoms with van der Waals surface area (Å²) in [6.45, 7) is 2.94. The maximum absolute atomic E-state index is 12.8. The Morgan fingerprint density at radius 3 is 2.78 bits per heavy atom. The fourth-order valence-electron chi connectivity index (χ4n) is 3.28. The summed E-state index contributed by atoms with van der Waals surface area (Å²) in [6.07, 6.45) is 8.28. The molecule has 1 saturated carbocycles. The standard InChI is InChI=1S/C15H25NO2/c1-12-7-6-9-15(11-12,16(2)3)14(17)13-8-4-5-10-18-13/h8,12H,4-7,9-11H2,1-3H3. The highest BCUT2D eigenvalue weighted by atomic mass is 16.5. The Balaban J connectivity index is 2.23. The van der Waals surface area contributed by atoms with E-state index in [2.05, 4.69) is 11.8 Å². The van der Waals surface area contributed by atoms with Crippen LogP contribution in [-0.4, -0.2) is 36.9 Å². The van der Waals surface area contributed by atoms with Crippen LogP contribution in [0.1, 0.15) is 45.4 Å². The topological polar surface area (TPSA) is 29.5 Å². The summed E-state index contributed by atoms with van der Waals surface area (Å²) in [4.78, 5) is 14.9. The molecule has 0 spiro atoms. The number of likely N-dealkylation sites (N-methyl/N-ethyl adjacent to an activating group) is 1. The van der Waals surface area contributed by atoms with Crippen molar-refractivity contribution < 1.29 is 9.53 Å². The van der Waals surface area contributed by atoms with Gasteiger partial charge in [-0.3, -0.25) is 9.69 Å².